The summed E-state index contributed by atoms with van der Waals surface area (Å²) in [5, 5.41) is 31.4. The normalized spacial score (nSPS) is 12.3. The molecule has 3 N–H and O–H groups in total. The van der Waals surface area contributed by atoms with Gasteiger partial charge in [0.05, 0.1) is 38.3 Å². The Kier molecular flexibility index (Phi) is 10.3. The Balaban J connectivity index is 1.24. The summed E-state index contributed by atoms with van der Waals surface area (Å²) in [5.74, 6) is 0.0393. The van der Waals surface area contributed by atoms with Gasteiger partial charge in [0.1, 0.15) is 15.5 Å². The van der Waals surface area contributed by atoms with Gasteiger partial charge in [0.2, 0.25) is 0 Å². The van der Waals surface area contributed by atoms with Gasteiger partial charge < -0.3 is 9.50 Å². The van der Waals surface area contributed by atoms with E-state index >= 15 is 0 Å². The molecule has 0 amide bonds. The second-order valence-corrected chi connectivity index (χ2v) is 15.5. The van der Waals surface area contributed by atoms with Crippen molar-refractivity contribution < 1.29 is 43.5 Å². The molecule has 0 aliphatic carbocycles. The summed E-state index contributed by atoms with van der Waals surface area (Å²) in [7, 11) is -13.5. The van der Waals surface area contributed by atoms with Gasteiger partial charge in [0.15, 0.2) is 0 Å². The van der Waals surface area contributed by atoms with E-state index in [0.29, 0.717) is 22.4 Å². The number of fused-ring (bicyclic) bond motifs is 1. The fraction of sp³-hybridized carbons (Fsp3) is 0. The minimum atomic E-state index is -4.81. The maximum Gasteiger partial charge on any atom is 0.339 e. The number of nitrogens with zero attached hydrogens (tertiary/aromatic N) is 5. The Morgan fingerprint density at radius 1 is 0.593 bits per heavy atom. The molecule has 0 heterocycles. The Morgan fingerprint density at radius 2 is 1.19 bits per heavy atom. The van der Waals surface area contributed by atoms with E-state index in [-0.39, 0.29) is 33.1 Å². The number of benzene rings is 6. The number of azo groups is 2. The Morgan fingerprint density at radius 3 is 1.76 bits per heavy atom. The number of anilines is 2. The number of hydrogen-bond acceptors (Lipinski definition) is 14. The third-order valence-electron chi connectivity index (χ3n) is 7.46. The van der Waals surface area contributed by atoms with Crippen LogP contribution in [0.2, 0.25) is 0 Å². The summed E-state index contributed by atoms with van der Waals surface area (Å²) < 4.78 is 97.2. The lowest BCUT2D eigenvalue weighted by Gasteiger charge is -2.10. The van der Waals surface area contributed by atoms with Crippen LogP contribution in [0.1, 0.15) is 0 Å². The minimum absolute atomic E-state index is 0.0147. The fourth-order valence-corrected chi connectivity index (χ4v) is 7.02. The molecule has 0 radical (unpaired) electrons. The summed E-state index contributed by atoms with van der Waals surface area (Å²) in [6.45, 7) is 0. The average Bonchev–Trinajstić information content (AvgIpc) is 3.13. The highest BCUT2D eigenvalue weighted by Gasteiger charge is 2.21. The number of non-ortho nitro benzene ring substituents is 1. The van der Waals surface area contributed by atoms with Crippen LogP contribution in [0.5, 0.6) is 5.75 Å². The van der Waals surface area contributed by atoms with Crippen LogP contribution in [-0.2, 0) is 30.4 Å². The molecule has 20 heteroatoms. The first-order chi connectivity index (χ1) is 25.6. The predicted molar refractivity (Wildman–Crippen MR) is 195 cm³/mol. The molecular formula is C34H24N6O11S3. The molecule has 0 fully saturated rings. The SMILES string of the molecule is O=[N+]([O-])c1ccc(Nc2ccc(N=Nc3ccc(N=Nc4ccc(OS(=O)(=O)c5ccccc5)cc4)c4cc(S(=O)(=O)O)ccc34)cc2)c(S(=O)(=O)O)c1. The van der Waals surface area contributed by atoms with E-state index < -0.39 is 50.8 Å². The van der Waals surface area contributed by atoms with Crippen molar-refractivity contribution >= 4 is 80.9 Å². The highest BCUT2D eigenvalue weighted by Crippen LogP contribution is 2.37. The maximum absolute atomic E-state index is 12.5. The Hall–Kier alpha value is -6.45. The number of nitrogens with one attached hydrogen (secondary N) is 1. The maximum atomic E-state index is 12.5. The van der Waals surface area contributed by atoms with Crippen LogP contribution in [-0.4, -0.2) is 39.3 Å². The molecule has 0 unspecified atom stereocenters. The molecule has 17 nitrogen and oxygen atoms in total. The average molecular weight is 789 g/mol. The lowest BCUT2D eigenvalue weighted by atomic mass is 10.1. The molecule has 6 rings (SSSR count). The van der Waals surface area contributed by atoms with Gasteiger partial charge in [0.25, 0.3) is 25.9 Å². The number of rotatable bonds is 12. The van der Waals surface area contributed by atoms with Gasteiger partial charge in [-0.15, -0.1) is 10.2 Å². The molecule has 0 atom stereocenters. The lowest BCUT2D eigenvalue weighted by molar-refractivity contribution is -0.385. The molecule has 0 aromatic heterocycles. The highest BCUT2D eigenvalue weighted by molar-refractivity contribution is 7.87. The van der Waals surface area contributed by atoms with E-state index in [9.17, 15) is 44.5 Å². The third-order valence-corrected chi connectivity index (χ3v) is 10.5. The van der Waals surface area contributed by atoms with Gasteiger partial charge >= 0.3 is 10.1 Å². The molecule has 0 aliphatic rings. The smallest absolute Gasteiger partial charge is 0.339 e. The van der Waals surface area contributed by atoms with Gasteiger partial charge in [0, 0.05) is 28.6 Å². The van der Waals surface area contributed by atoms with Gasteiger partial charge in [-0.05, 0) is 91.0 Å². The second-order valence-electron chi connectivity index (χ2n) is 11.1. The lowest BCUT2D eigenvalue weighted by Crippen LogP contribution is -2.09. The molecule has 54 heavy (non-hydrogen) atoms. The van der Waals surface area contributed by atoms with Gasteiger partial charge in [-0.1, -0.05) is 24.3 Å². The quantitative estimate of drug-likeness (QED) is 0.0346. The van der Waals surface area contributed by atoms with Crippen molar-refractivity contribution in [2.75, 3.05) is 5.32 Å². The zero-order valence-corrected chi connectivity index (χ0v) is 29.6. The predicted octanol–water partition coefficient (Wildman–Crippen LogP) is 8.58. The monoisotopic (exact) mass is 788 g/mol. The van der Waals surface area contributed by atoms with E-state index in [1.807, 2.05) is 0 Å². The topological polar surface area (TPSA) is 257 Å². The first-order valence-corrected chi connectivity index (χ1v) is 19.5. The van der Waals surface area contributed by atoms with Crippen molar-refractivity contribution in [2.24, 2.45) is 20.5 Å². The zero-order valence-electron chi connectivity index (χ0n) is 27.2. The van der Waals surface area contributed by atoms with E-state index in [4.69, 9.17) is 4.18 Å². The van der Waals surface area contributed by atoms with Crippen LogP contribution in [0.4, 0.5) is 39.8 Å². The minimum Gasteiger partial charge on any atom is -0.379 e. The van der Waals surface area contributed by atoms with Crippen LogP contribution >= 0.6 is 0 Å². The van der Waals surface area contributed by atoms with Gasteiger partial charge in [-0.3, -0.25) is 19.2 Å². The molecule has 0 saturated heterocycles. The van der Waals surface area contributed by atoms with Crippen LogP contribution < -0.4 is 9.50 Å². The molecule has 6 aromatic carbocycles. The van der Waals surface area contributed by atoms with Crippen molar-refractivity contribution in [2.45, 2.75) is 14.7 Å². The van der Waals surface area contributed by atoms with Crippen LogP contribution in [0.25, 0.3) is 10.8 Å². The van der Waals surface area contributed by atoms with Crippen LogP contribution in [0.3, 0.4) is 0 Å². The van der Waals surface area contributed by atoms with Crippen molar-refractivity contribution in [3.8, 4) is 5.75 Å². The number of nitro groups is 1. The standard InChI is InChI=1S/C34H24N6O11S3/c41-40(42)25-12-17-33(34(20-25)53(46,47)48)35-22-6-8-23(9-7-22)36-38-31-18-19-32(30-21-28(52(43,44)45)15-16-29(30)31)39-37-24-10-13-26(14-11-24)51-54(49,50)27-4-2-1-3-5-27/h1-21,35H,(H,43,44,45)(H,46,47,48). The van der Waals surface area contributed by atoms with Gasteiger partial charge in [-0.25, -0.2) is 0 Å². The molecule has 0 aliphatic heterocycles. The summed E-state index contributed by atoms with van der Waals surface area (Å²) in [6, 6.07) is 29.2. The van der Waals surface area contributed by atoms with Crippen molar-refractivity contribution in [3.63, 3.8) is 0 Å². The molecule has 6 aromatic rings. The fourth-order valence-electron chi connectivity index (χ4n) is 4.89. The van der Waals surface area contributed by atoms with E-state index in [1.54, 1.807) is 24.3 Å². The zero-order chi connectivity index (χ0) is 38.7. The first-order valence-electron chi connectivity index (χ1n) is 15.2. The number of nitro benzene ring substituents is 1. The molecule has 0 spiro atoms. The largest absolute Gasteiger partial charge is 0.379 e. The van der Waals surface area contributed by atoms with E-state index in [2.05, 4.69) is 25.8 Å². The Labute approximate surface area is 307 Å². The van der Waals surface area contributed by atoms with Crippen LogP contribution in [0, 0.1) is 10.1 Å². The first kappa shape index (κ1) is 37.3. The summed E-state index contributed by atoms with van der Waals surface area (Å²) in [6.07, 6.45) is 0. The van der Waals surface area contributed by atoms with Crippen molar-refractivity contribution in [3.05, 3.63) is 138 Å². The summed E-state index contributed by atoms with van der Waals surface area (Å²) in [5.41, 5.74) is 0.859. The Bertz CT molecular complexity index is 2800. The molecular weight excluding hydrogens is 765 g/mol. The van der Waals surface area contributed by atoms with Crippen LogP contribution in [0.15, 0.2) is 163 Å². The van der Waals surface area contributed by atoms with Crippen molar-refractivity contribution in [1.29, 1.82) is 0 Å². The van der Waals surface area contributed by atoms with E-state index in [0.717, 1.165) is 18.2 Å². The summed E-state index contributed by atoms with van der Waals surface area (Å²) >= 11 is 0. The van der Waals surface area contributed by atoms with Gasteiger partial charge in [-0.2, -0.15) is 35.5 Å². The molecule has 0 bridgehead atoms. The second kappa shape index (κ2) is 14.9. The summed E-state index contributed by atoms with van der Waals surface area (Å²) in [4.78, 5) is 9.17. The van der Waals surface area contributed by atoms with E-state index in [1.165, 1.54) is 84.9 Å². The molecule has 274 valence electrons. The number of hydrogen-bond donors (Lipinski definition) is 3. The highest BCUT2D eigenvalue weighted by atomic mass is 32.2. The van der Waals surface area contributed by atoms with Crippen molar-refractivity contribution in [1.82, 2.24) is 0 Å². The third kappa shape index (κ3) is 8.77. The molecule has 0 saturated carbocycles.